The summed E-state index contributed by atoms with van der Waals surface area (Å²) in [6, 6.07) is 7.82. The van der Waals surface area contributed by atoms with Crippen molar-refractivity contribution in [1.82, 2.24) is 0 Å². The van der Waals surface area contributed by atoms with Gasteiger partial charge in [-0.05, 0) is 42.9 Å². The lowest BCUT2D eigenvalue weighted by molar-refractivity contribution is 0.0640. The summed E-state index contributed by atoms with van der Waals surface area (Å²) in [6.45, 7) is 3.21. The van der Waals surface area contributed by atoms with Gasteiger partial charge in [0.1, 0.15) is 13.2 Å². The van der Waals surface area contributed by atoms with Crippen molar-refractivity contribution in [2.24, 2.45) is 11.3 Å². The van der Waals surface area contributed by atoms with Crippen molar-refractivity contribution in [3.8, 4) is 17.6 Å². The zero-order valence-electron chi connectivity index (χ0n) is 11.6. The third kappa shape index (κ3) is 2.12. The molecule has 20 heavy (non-hydrogen) atoms. The number of nitrogens with zero attached hydrogens (tertiary/aromatic N) is 1. The van der Waals surface area contributed by atoms with E-state index in [1.54, 1.807) is 6.07 Å². The van der Waals surface area contributed by atoms with E-state index in [0.717, 1.165) is 24.8 Å². The van der Waals surface area contributed by atoms with Gasteiger partial charge in [-0.2, -0.15) is 5.26 Å². The van der Waals surface area contributed by atoms with Gasteiger partial charge in [0.25, 0.3) is 0 Å². The van der Waals surface area contributed by atoms with E-state index in [1.165, 1.54) is 0 Å². The van der Waals surface area contributed by atoms with Crippen LogP contribution < -0.4 is 9.47 Å². The summed E-state index contributed by atoms with van der Waals surface area (Å²) in [5, 5.41) is 20.2. The number of fused-ring (bicyclic) bond motifs is 1. The molecule has 1 N–H and O–H groups in total. The van der Waals surface area contributed by atoms with Crippen molar-refractivity contribution >= 4 is 0 Å². The highest BCUT2D eigenvalue weighted by Crippen LogP contribution is 2.50. The topological polar surface area (TPSA) is 62.5 Å². The summed E-state index contributed by atoms with van der Waals surface area (Å²) >= 11 is 0. The first-order chi connectivity index (χ1) is 9.64. The molecule has 1 aliphatic carbocycles. The van der Waals surface area contributed by atoms with Crippen LogP contribution in [-0.2, 0) is 0 Å². The molecule has 1 aromatic rings. The van der Waals surface area contributed by atoms with Crippen LogP contribution in [0.15, 0.2) is 18.2 Å². The molecule has 0 spiro atoms. The van der Waals surface area contributed by atoms with Gasteiger partial charge in [0, 0.05) is 0 Å². The molecule has 3 rings (SSSR count). The fraction of sp³-hybridized carbons (Fsp3) is 0.562. The van der Waals surface area contributed by atoms with Crippen LogP contribution in [0.25, 0.3) is 0 Å². The molecule has 4 nitrogen and oxygen atoms in total. The maximum absolute atomic E-state index is 10.7. The average Bonchev–Trinajstić information content (AvgIpc) is 2.88. The Morgan fingerprint density at radius 1 is 1.35 bits per heavy atom. The van der Waals surface area contributed by atoms with Crippen LogP contribution in [-0.4, -0.2) is 18.3 Å². The monoisotopic (exact) mass is 273 g/mol. The molecule has 4 heteroatoms. The molecule has 0 amide bonds. The first-order valence-electron chi connectivity index (χ1n) is 7.13. The predicted molar refractivity (Wildman–Crippen MR) is 73.5 cm³/mol. The number of rotatable bonds is 2. The highest BCUT2D eigenvalue weighted by molar-refractivity contribution is 5.45. The standard InChI is InChI=1S/C16H19NO3/c1-11-4-5-16(9-11,10-17)15(18)12-2-3-13-14(8-12)20-7-6-19-13/h2-3,8,11,15,18H,4-7,9H2,1H3. The summed E-state index contributed by atoms with van der Waals surface area (Å²) in [5.74, 6) is 1.85. The summed E-state index contributed by atoms with van der Waals surface area (Å²) < 4.78 is 11.0. The second-order valence-electron chi connectivity index (χ2n) is 5.92. The minimum atomic E-state index is -0.770. The molecule has 1 saturated carbocycles. The van der Waals surface area contributed by atoms with Gasteiger partial charge in [-0.3, -0.25) is 0 Å². The van der Waals surface area contributed by atoms with Crippen LogP contribution >= 0.6 is 0 Å². The quantitative estimate of drug-likeness (QED) is 0.900. The van der Waals surface area contributed by atoms with Crippen LogP contribution in [0.1, 0.15) is 37.9 Å². The van der Waals surface area contributed by atoms with E-state index in [-0.39, 0.29) is 0 Å². The first kappa shape index (κ1) is 13.3. The molecule has 0 saturated heterocycles. The van der Waals surface area contributed by atoms with Crippen molar-refractivity contribution in [1.29, 1.82) is 5.26 Å². The van der Waals surface area contributed by atoms with Crippen LogP contribution in [0.4, 0.5) is 0 Å². The molecule has 3 unspecified atom stereocenters. The Balaban J connectivity index is 1.90. The van der Waals surface area contributed by atoms with Gasteiger partial charge in [-0.25, -0.2) is 0 Å². The van der Waals surface area contributed by atoms with Gasteiger partial charge in [0.2, 0.25) is 0 Å². The first-order valence-corrected chi connectivity index (χ1v) is 7.13. The van der Waals surface area contributed by atoms with Crippen molar-refractivity contribution in [2.75, 3.05) is 13.2 Å². The number of benzene rings is 1. The summed E-state index contributed by atoms with van der Waals surface area (Å²) in [5.41, 5.74) is 0.0771. The average molecular weight is 273 g/mol. The van der Waals surface area contributed by atoms with E-state index < -0.39 is 11.5 Å². The maximum Gasteiger partial charge on any atom is 0.161 e. The largest absolute Gasteiger partial charge is 0.486 e. The van der Waals surface area contributed by atoms with Crippen molar-refractivity contribution < 1.29 is 14.6 Å². The number of aliphatic hydroxyl groups is 1. The second-order valence-corrected chi connectivity index (χ2v) is 5.92. The van der Waals surface area contributed by atoms with Gasteiger partial charge < -0.3 is 14.6 Å². The van der Waals surface area contributed by atoms with Crippen LogP contribution in [0, 0.1) is 22.7 Å². The number of hydrogen-bond acceptors (Lipinski definition) is 4. The molecule has 0 radical (unpaired) electrons. The SMILES string of the molecule is CC1CCC(C#N)(C(O)c2ccc3c(c2)OCCO3)C1. The molecule has 1 aliphatic heterocycles. The van der Waals surface area contributed by atoms with Crippen LogP contribution in [0.3, 0.4) is 0 Å². The Labute approximate surface area is 118 Å². The van der Waals surface area contributed by atoms with E-state index in [2.05, 4.69) is 13.0 Å². The lowest BCUT2D eigenvalue weighted by Gasteiger charge is -2.28. The highest BCUT2D eigenvalue weighted by atomic mass is 16.6. The zero-order chi connectivity index (χ0) is 14.2. The van der Waals surface area contributed by atoms with Gasteiger partial charge in [-0.15, -0.1) is 0 Å². The fourth-order valence-corrected chi connectivity index (χ4v) is 3.29. The third-order valence-electron chi connectivity index (χ3n) is 4.42. The number of ether oxygens (including phenoxy) is 2. The summed E-state index contributed by atoms with van der Waals surface area (Å²) in [7, 11) is 0. The number of aliphatic hydroxyl groups excluding tert-OH is 1. The molecule has 1 aromatic carbocycles. The summed E-state index contributed by atoms with van der Waals surface area (Å²) in [6.07, 6.45) is 1.72. The number of hydrogen-bond donors (Lipinski definition) is 1. The Bertz CT molecular complexity index is 551. The summed E-state index contributed by atoms with van der Waals surface area (Å²) in [4.78, 5) is 0. The molecule has 0 bridgehead atoms. The Morgan fingerprint density at radius 2 is 2.10 bits per heavy atom. The van der Waals surface area contributed by atoms with Gasteiger partial charge >= 0.3 is 0 Å². The van der Waals surface area contributed by atoms with Crippen molar-refractivity contribution in [3.63, 3.8) is 0 Å². The lowest BCUT2D eigenvalue weighted by Crippen LogP contribution is -2.25. The minimum absolute atomic E-state index is 0.488. The molecule has 2 aliphatic rings. The molecule has 3 atom stereocenters. The minimum Gasteiger partial charge on any atom is -0.486 e. The van der Waals surface area contributed by atoms with Crippen molar-refractivity contribution in [2.45, 2.75) is 32.3 Å². The van der Waals surface area contributed by atoms with E-state index >= 15 is 0 Å². The van der Waals surface area contributed by atoms with Gasteiger partial charge in [-0.1, -0.05) is 13.0 Å². The Hall–Kier alpha value is -1.73. The van der Waals surface area contributed by atoms with Gasteiger partial charge in [0.05, 0.1) is 17.6 Å². The van der Waals surface area contributed by atoms with E-state index in [4.69, 9.17) is 9.47 Å². The second kappa shape index (κ2) is 4.99. The molecule has 0 aromatic heterocycles. The van der Waals surface area contributed by atoms with E-state index in [9.17, 15) is 10.4 Å². The van der Waals surface area contributed by atoms with Crippen LogP contribution in [0.2, 0.25) is 0 Å². The Kier molecular flexibility index (Phi) is 3.31. The zero-order valence-corrected chi connectivity index (χ0v) is 11.6. The number of nitriles is 1. The molecule has 1 heterocycles. The predicted octanol–water partition coefficient (Wildman–Crippen LogP) is 2.82. The van der Waals surface area contributed by atoms with Gasteiger partial charge in [0.15, 0.2) is 11.5 Å². The molecular weight excluding hydrogens is 254 g/mol. The molecule has 1 fully saturated rings. The lowest BCUT2D eigenvalue weighted by atomic mass is 9.78. The maximum atomic E-state index is 10.7. The highest BCUT2D eigenvalue weighted by Gasteiger charge is 2.44. The smallest absolute Gasteiger partial charge is 0.161 e. The fourth-order valence-electron chi connectivity index (χ4n) is 3.29. The van der Waals surface area contributed by atoms with E-state index in [1.807, 2.05) is 12.1 Å². The van der Waals surface area contributed by atoms with Crippen LogP contribution in [0.5, 0.6) is 11.5 Å². The van der Waals surface area contributed by atoms with E-state index in [0.29, 0.717) is 30.6 Å². The molecular formula is C16H19NO3. The molecule has 106 valence electrons. The normalized spacial score (nSPS) is 29.8. The third-order valence-corrected chi connectivity index (χ3v) is 4.42. The van der Waals surface area contributed by atoms with Crippen molar-refractivity contribution in [3.05, 3.63) is 23.8 Å². The Morgan fingerprint density at radius 3 is 2.75 bits per heavy atom.